The molecular formula is C20H19ClO4. The van der Waals surface area contributed by atoms with Crippen molar-refractivity contribution in [3.8, 4) is 5.75 Å². The van der Waals surface area contributed by atoms with E-state index in [1.165, 1.54) is 13.2 Å². The van der Waals surface area contributed by atoms with Crippen molar-refractivity contribution in [2.45, 2.75) is 24.7 Å². The Bertz CT molecular complexity index is 782. The molecule has 0 heterocycles. The lowest BCUT2D eigenvalue weighted by Crippen LogP contribution is -2.44. The quantitative estimate of drug-likeness (QED) is 0.573. The van der Waals surface area contributed by atoms with Gasteiger partial charge in [0.25, 0.3) is 0 Å². The van der Waals surface area contributed by atoms with Crippen LogP contribution in [0.15, 0.2) is 48.5 Å². The van der Waals surface area contributed by atoms with Crippen molar-refractivity contribution >= 4 is 23.4 Å². The van der Waals surface area contributed by atoms with E-state index in [2.05, 4.69) is 0 Å². The van der Waals surface area contributed by atoms with Gasteiger partial charge in [0.2, 0.25) is 0 Å². The van der Waals surface area contributed by atoms with Crippen LogP contribution in [0.1, 0.15) is 35.2 Å². The molecule has 0 aromatic heterocycles. The highest BCUT2D eigenvalue weighted by molar-refractivity contribution is 6.32. The Morgan fingerprint density at radius 1 is 1.12 bits per heavy atom. The molecule has 0 amide bonds. The summed E-state index contributed by atoms with van der Waals surface area (Å²) < 4.78 is 10.4. The van der Waals surface area contributed by atoms with E-state index in [-0.39, 0.29) is 18.4 Å². The van der Waals surface area contributed by atoms with Gasteiger partial charge < -0.3 is 9.47 Å². The molecule has 25 heavy (non-hydrogen) atoms. The molecular weight excluding hydrogens is 340 g/mol. The van der Waals surface area contributed by atoms with Crippen molar-refractivity contribution < 1.29 is 19.1 Å². The first-order chi connectivity index (χ1) is 12.1. The van der Waals surface area contributed by atoms with Gasteiger partial charge in [-0.1, -0.05) is 48.4 Å². The zero-order chi connectivity index (χ0) is 17.9. The largest absolute Gasteiger partial charge is 0.495 e. The van der Waals surface area contributed by atoms with Crippen LogP contribution in [0.5, 0.6) is 5.75 Å². The van der Waals surface area contributed by atoms with Crippen LogP contribution >= 0.6 is 11.6 Å². The van der Waals surface area contributed by atoms with E-state index in [1.807, 2.05) is 30.3 Å². The van der Waals surface area contributed by atoms with E-state index in [0.717, 1.165) is 24.8 Å². The van der Waals surface area contributed by atoms with Crippen molar-refractivity contribution in [2.24, 2.45) is 0 Å². The molecule has 1 aliphatic rings. The summed E-state index contributed by atoms with van der Waals surface area (Å²) in [5.74, 6) is -0.133. The summed E-state index contributed by atoms with van der Waals surface area (Å²) in [7, 11) is 1.51. The second-order valence-corrected chi connectivity index (χ2v) is 6.56. The maximum Gasteiger partial charge on any atom is 0.317 e. The minimum Gasteiger partial charge on any atom is -0.495 e. The van der Waals surface area contributed by atoms with E-state index in [0.29, 0.717) is 16.3 Å². The highest BCUT2D eigenvalue weighted by Gasteiger charge is 2.47. The van der Waals surface area contributed by atoms with Crippen molar-refractivity contribution in [1.82, 2.24) is 0 Å². The number of ether oxygens (including phenoxy) is 2. The fourth-order valence-corrected chi connectivity index (χ4v) is 3.35. The highest BCUT2D eigenvalue weighted by Crippen LogP contribution is 2.44. The Morgan fingerprint density at radius 3 is 2.40 bits per heavy atom. The van der Waals surface area contributed by atoms with Gasteiger partial charge >= 0.3 is 5.97 Å². The molecule has 0 aliphatic heterocycles. The molecule has 130 valence electrons. The van der Waals surface area contributed by atoms with Gasteiger partial charge in [-0.25, -0.2) is 0 Å². The van der Waals surface area contributed by atoms with Crippen LogP contribution in [-0.4, -0.2) is 25.5 Å². The SMILES string of the molecule is COc1ccc(C(=O)COC(=O)C2(c3ccccc3)CCC2)cc1Cl. The molecule has 0 unspecified atom stereocenters. The molecule has 0 atom stereocenters. The number of esters is 1. The van der Waals surface area contributed by atoms with Gasteiger partial charge in [-0.15, -0.1) is 0 Å². The summed E-state index contributed by atoms with van der Waals surface area (Å²) in [5, 5.41) is 0.347. The molecule has 0 bridgehead atoms. The van der Waals surface area contributed by atoms with E-state index in [9.17, 15) is 9.59 Å². The number of ketones is 1. The molecule has 2 aromatic rings. The summed E-state index contributed by atoms with van der Waals surface area (Å²) in [6.07, 6.45) is 2.48. The predicted molar refractivity (Wildman–Crippen MR) is 95.3 cm³/mol. The smallest absolute Gasteiger partial charge is 0.317 e. The summed E-state index contributed by atoms with van der Waals surface area (Å²) in [6.45, 7) is -0.296. The summed E-state index contributed by atoms with van der Waals surface area (Å²) in [4.78, 5) is 24.9. The lowest BCUT2D eigenvalue weighted by molar-refractivity contribution is -0.153. The first-order valence-corrected chi connectivity index (χ1v) is 8.54. The van der Waals surface area contributed by atoms with Gasteiger partial charge in [-0.2, -0.15) is 0 Å². The van der Waals surface area contributed by atoms with Crippen LogP contribution in [0.4, 0.5) is 0 Å². The first-order valence-electron chi connectivity index (χ1n) is 8.16. The average Bonchev–Trinajstić information content (AvgIpc) is 2.59. The van der Waals surface area contributed by atoms with Crippen molar-refractivity contribution in [3.05, 3.63) is 64.7 Å². The van der Waals surface area contributed by atoms with Crippen molar-refractivity contribution in [2.75, 3.05) is 13.7 Å². The monoisotopic (exact) mass is 358 g/mol. The molecule has 3 rings (SSSR count). The molecule has 1 saturated carbocycles. The highest BCUT2D eigenvalue weighted by atomic mass is 35.5. The lowest BCUT2D eigenvalue weighted by Gasteiger charge is -2.39. The van der Waals surface area contributed by atoms with E-state index >= 15 is 0 Å². The number of benzene rings is 2. The first kappa shape index (κ1) is 17.5. The third-order valence-corrected chi connectivity index (χ3v) is 5.03. The fourth-order valence-electron chi connectivity index (χ4n) is 3.09. The molecule has 2 aromatic carbocycles. The lowest BCUT2D eigenvalue weighted by atomic mass is 9.64. The Labute approximate surface area is 151 Å². The molecule has 0 saturated heterocycles. The minimum absolute atomic E-state index is 0.291. The number of rotatable bonds is 6. The standard InChI is InChI=1S/C20H19ClO4/c1-24-18-9-8-14(12-16(18)21)17(22)13-25-19(23)20(10-5-11-20)15-6-3-2-4-7-15/h2-4,6-9,12H,5,10-11,13H2,1H3. The normalized spacial score (nSPS) is 15.1. The van der Waals surface area contributed by atoms with E-state index < -0.39 is 5.41 Å². The average molecular weight is 359 g/mol. The van der Waals surface area contributed by atoms with Crippen LogP contribution in [0, 0.1) is 0 Å². The Kier molecular flexibility index (Phi) is 5.09. The van der Waals surface area contributed by atoms with Crippen LogP contribution in [0.3, 0.4) is 0 Å². The van der Waals surface area contributed by atoms with E-state index in [1.54, 1.807) is 12.1 Å². The van der Waals surface area contributed by atoms with E-state index in [4.69, 9.17) is 21.1 Å². The van der Waals surface area contributed by atoms with Crippen LogP contribution in [-0.2, 0) is 14.9 Å². The van der Waals surface area contributed by atoms with Crippen LogP contribution in [0.2, 0.25) is 5.02 Å². The zero-order valence-corrected chi connectivity index (χ0v) is 14.7. The third-order valence-electron chi connectivity index (χ3n) is 4.73. The van der Waals surface area contributed by atoms with Crippen molar-refractivity contribution in [3.63, 3.8) is 0 Å². The second kappa shape index (κ2) is 7.28. The van der Waals surface area contributed by atoms with Gasteiger partial charge in [-0.05, 0) is 36.6 Å². The maximum atomic E-state index is 12.6. The predicted octanol–water partition coefficient (Wildman–Crippen LogP) is 4.20. The van der Waals surface area contributed by atoms with Gasteiger partial charge in [0.05, 0.1) is 17.5 Å². The van der Waals surface area contributed by atoms with Gasteiger partial charge in [-0.3, -0.25) is 9.59 Å². The summed E-state index contributed by atoms with van der Waals surface area (Å²) >= 11 is 6.04. The number of halogens is 1. The second-order valence-electron chi connectivity index (χ2n) is 6.15. The Morgan fingerprint density at radius 2 is 1.84 bits per heavy atom. The summed E-state index contributed by atoms with van der Waals surface area (Å²) in [6, 6.07) is 14.4. The van der Waals surface area contributed by atoms with Gasteiger partial charge in [0, 0.05) is 5.56 Å². The maximum absolute atomic E-state index is 12.6. The zero-order valence-electron chi connectivity index (χ0n) is 14.0. The molecule has 1 aliphatic carbocycles. The number of carbonyl (C=O) groups is 2. The minimum atomic E-state index is -0.612. The number of carbonyl (C=O) groups excluding carboxylic acids is 2. The van der Waals surface area contributed by atoms with Gasteiger partial charge in [0.1, 0.15) is 5.75 Å². The molecule has 1 fully saturated rings. The molecule has 0 N–H and O–H groups in total. The van der Waals surface area contributed by atoms with Crippen LogP contribution in [0.25, 0.3) is 0 Å². The fraction of sp³-hybridized carbons (Fsp3) is 0.300. The van der Waals surface area contributed by atoms with Gasteiger partial charge in [0.15, 0.2) is 12.4 Å². The van der Waals surface area contributed by atoms with Crippen LogP contribution < -0.4 is 4.74 Å². The molecule has 4 nitrogen and oxygen atoms in total. The van der Waals surface area contributed by atoms with Crippen molar-refractivity contribution in [1.29, 1.82) is 0 Å². The summed E-state index contributed by atoms with van der Waals surface area (Å²) in [5.41, 5.74) is 0.728. The molecule has 0 radical (unpaired) electrons. The Hall–Kier alpha value is -2.33. The molecule has 5 heteroatoms. The molecule has 0 spiro atoms. The Balaban J connectivity index is 1.67. The topological polar surface area (TPSA) is 52.6 Å². The number of hydrogen-bond donors (Lipinski definition) is 0. The number of methoxy groups -OCH3 is 1. The third kappa shape index (κ3) is 3.40. The number of Topliss-reactive ketones (excluding diaryl/α,β-unsaturated/α-hetero) is 1. The number of hydrogen-bond acceptors (Lipinski definition) is 4.